The molecule has 1 heterocycles. The lowest BCUT2D eigenvalue weighted by atomic mass is 10.1. The number of carbonyl (C=O) groups excluding carboxylic acids is 3. The van der Waals surface area contributed by atoms with Gasteiger partial charge < -0.3 is 15.4 Å². The Kier molecular flexibility index (Phi) is 4.88. The quantitative estimate of drug-likeness (QED) is 0.569. The first-order chi connectivity index (χ1) is 10.8. The molecule has 0 radical (unpaired) electrons. The summed E-state index contributed by atoms with van der Waals surface area (Å²) in [7, 11) is 0. The van der Waals surface area contributed by atoms with Gasteiger partial charge in [-0.1, -0.05) is 0 Å². The van der Waals surface area contributed by atoms with Crippen molar-refractivity contribution in [3.05, 3.63) is 29.3 Å². The summed E-state index contributed by atoms with van der Waals surface area (Å²) in [6, 6.07) is 5.02. The molecule has 0 unspecified atom stereocenters. The first-order valence-electron chi connectivity index (χ1n) is 7.47. The van der Waals surface area contributed by atoms with E-state index in [1.807, 2.05) is 20.8 Å². The maximum absolute atomic E-state index is 11.6. The van der Waals surface area contributed by atoms with Gasteiger partial charge in [0.05, 0.1) is 11.1 Å². The number of hydrogen-bond acceptors (Lipinski definition) is 5. The lowest BCUT2D eigenvalue weighted by Crippen LogP contribution is -2.33. The number of fused-ring (bicyclic) bond motifs is 1. The SMILES string of the molecule is CC(C)(C)OC(=O)NCCCNc1ccc2c(c1)C(=O)NC2=O. The van der Waals surface area contributed by atoms with Crippen molar-refractivity contribution in [2.24, 2.45) is 0 Å². The molecule has 0 bridgehead atoms. The summed E-state index contributed by atoms with van der Waals surface area (Å²) in [6.07, 6.45) is 0.256. The Morgan fingerprint density at radius 3 is 2.52 bits per heavy atom. The molecular weight excluding hydrogens is 298 g/mol. The average Bonchev–Trinajstić information content (AvgIpc) is 2.71. The van der Waals surface area contributed by atoms with Gasteiger partial charge in [-0.2, -0.15) is 0 Å². The minimum Gasteiger partial charge on any atom is -0.444 e. The second kappa shape index (κ2) is 6.68. The molecule has 7 nitrogen and oxygen atoms in total. The number of alkyl carbamates (subject to hydrolysis) is 1. The lowest BCUT2D eigenvalue weighted by Gasteiger charge is -2.19. The average molecular weight is 319 g/mol. The summed E-state index contributed by atoms with van der Waals surface area (Å²) >= 11 is 0. The molecule has 0 aliphatic carbocycles. The molecule has 3 amide bonds. The first kappa shape index (κ1) is 16.8. The van der Waals surface area contributed by atoms with Gasteiger partial charge in [0.2, 0.25) is 0 Å². The number of hydrogen-bond donors (Lipinski definition) is 3. The fourth-order valence-corrected chi connectivity index (χ4v) is 2.10. The van der Waals surface area contributed by atoms with Crippen LogP contribution in [0.3, 0.4) is 0 Å². The Labute approximate surface area is 134 Å². The van der Waals surface area contributed by atoms with E-state index in [0.29, 0.717) is 30.6 Å². The molecule has 0 atom stereocenters. The number of benzene rings is 1. The number of rotatable bonds is 5. The zero-order chi connectivity index (χ0) is 17.0. The van der Waals surface area contributed by atoms with Crippen LogP contribution in [0.5, 0.6) is 0 Å². The van der Waals surface area contributed by atoms with Crippen LogP contribution in [-0.4, -0.2) is 36.6 Å². The van der Waals surface area contributed by atoms with Gasteiger partial charge in [-0.15, -0.1) is 0 Å². The van der Waals surface area contributed by atoms with Gasteiger partial charge in [0, 0.05) is 18.8 Å². The summed E-state index contributed by atoms with van der Waals surface area (Å²) in [5.74, 6) is -0.738. The number of amides is 3. The van der Waals surface area contributed by atoms with Crippen LogP contribution in [0, 0.1) is 0 Å². The number of nitrogens with one attached hydrogen (secondary N) is 3. The fraction of sp³-hybridized carbons (Fsp3) is 0.438. The third-order valence-corrected chi connectivity index (χ3v) is 3.09. The highest BCUT2D eigenvalue weighted by Crippen LogP contribution is 2.20. The van der Waals surface area contributed by atoms with E-state index in [1.165, 1.54) is 0 Å². The topological polar surface area (TPSA) is 96.5 Å². The van der Waals surface area contributed by atoms with E-state index in [1.54, 1.807) is 18.2 Å². The maximum atomic E-state index is 11.6. The lowest BCUT2D eigenvalue weighted by molar-refractivity contribution is 0.0527. The van der Waals surface area contributed by atoms with E-state index in [4.69, 9.17) is 4.74 Å². The molecule has 0 aromatic heterocycles. The highest BCUT2D eigenvalue weighted by Gasteiger charge is 2.26. The number of carbonyl (C=O) groups is 3. The molecule has 7 heteroatoms. The van der Waals surface area contributed by atoms with E-state index in [-0.39, 0.29) is 11.8 Å². The molecule has 1 aromatic carbocycles. The molecule has 0 saturated heterocycles. The minimum atomic E-state index is -0.509. The van der Waals surface area contributed by atoms with Crippen molar-refractivity contribution in [1.29, 1.82) is 0 Å². The van der Waals surface area contributed by atoms with Gasteiger partial charge in [0.1, 0.15) is 5.60 Å². The first-order valence-corrected chi connectivity index (χ1v) is 7.47. The summed E-state index contributed by atoms with van der Waals surface area (Å²) in [6.45, 7) is 6.52. The van der Waals surface area contributed by atoms with Gasteiger partial charge in [-0.05, 0) is 45.4 Å². The van der Waals surface area contributed by atoms with E-state index >= 15 is 0 Å². The summed E-state index contributed by atoms with van der Waals surface area (Å²) < 4.78 is 5.13. The van der Waals surface area contributed by atoms with Crippen LogP contribution in [0.15, 0.2) is 18.2 Å². The molecule has 124 valence electrons. The predicted molar refractivity (Wildman–Crippen MR) is 85.6 cm³/mol. The van der Waals surface area contributed by atoms with Crippen molar-refractivity contribution in [2.75, 3.05) is 18.4 Å². The molecule has 2 rings (SSSR count). The molecule has 0 saturated carbocycles. The van der Waals surface area contributed by atoms with Gasteiger partial charge in [0.15, 0.2) is 0 Å². The monoisotopic (exact) mass is 319 g/mol. The van der Waals surface area contributed by atoms with Crippen LogP contribution < -0.4 is 16.0 Å². The van der Waals surface area contributed by atoms with Crippen molar-refractivity contribution in [2.45, 2.75) is 32.8 Å². The number of imide groups is 1. The van der Waals surface area contributed by atoms with Gasteiger partial charge in [0.25, 0.3) is 11.8 Å². The standard InChI is InChI=1S/C16H21N3O4/c1-16(2,3)23-15(22)18-8-4-7-17-10-5-6-11-12(9-10)14(21)19-13(11)20/h5-6,9,17H,4,7-8H2,1-3H3,(H,18,22)(H,19,20,21). The Bertz CT molecular complexity index is 635. The van der Waals surface area contributed by atoms with Crippen molar-refractivity contribution >= 4 is 23.6 Å². The Hall–Kier alpha value is -2.57. The molecule has 0 fully saturated rings. The van der Waals surface area contributed by atoms with E-state index in [0.717, 1.165) is 5.69 Å². The Morgan fingerprint density at radius 1 is 1.13 bits per heavy atom. The Morgan fingerprint density at radius 2 is 1.83 bits per heavy atom. The molecule has 0 spiro atoms. The molecule has 1 aromatic rings. The molecular formula is C16H21N3O4. The highest BCUT2D eigenvalue weighted by molar-refractivity contribution is 6.21. The van der Waals surface area contributed by atoms with E-state index < -0.39 is 11.7 Å². The zero-order valence-electron chi connectivity index (χ0n) is 13.5. The van der Waals surface area contributed by atoms with Crippen LogP contribution in [-0.2, 0) is 4.74 Å². The van der Waals surface area contributed by atoms with Crippen LogP contribution >= 0.6 is 0 Å². The summed E-state index contributed by atoms with van der Waals surface area (Å²) in [5, 5.41) is 8.07. The van der Waals surface area contributed by atoms with Crippen molar-refractivity contribution in [3.8, 4) is 0 Å². The van der Waals surface area contributed by atoms with Crippen molar-refractivity contribution in [3.63, 3.8) is 0 Å². The largest absolute Gasteiger partial charge is 0.444 e. The van der Waals surface area contributed by atoms with Crippen LogP contribution in [0.2, 0.25) is 0 Å². The van der Waals surface area contributed by atoms with Crippen molar-refractivity contribution in [1.82, 2.24) is 10.6 Å². The minimum absolute atomic E-state index is 0.363. The predicted octanol–water partition coefficient (Wildman–Crippen LogP) is 1.90. The molecule has 23 heavy (non-hydrogen) atoms. The second-order valence-corrected chi connectivity index (χ2v) is 6.25. The summed E-state index contributed by atoms with van der Waals surface area (Å²) in [5.41, 5.74) is 1.02. The maximum Gasteiger partial charge on any atom is 0.407 e. The molecule has 3 N–H and O–H groups in total. The smallest absolute Gasteiger partial charge is 0.407 e. The molecule has 1 aliphatic rings. The van der Waals surface area contributed by atoms with Gasteiger partial charge >= 0.3 is 6.09 Å². The third-order valence-electron chi connectivity index (χ3n) is 3.09. The van der Waals surface area contributed by atoms with Crippen LogP contribution in [0.4, 0.5) is 10.5 Å². The zero-order valence-corrected chi connectivity index (χ0v) is 13.5. The Balaban J connectivity index is 1.73. The number of ether oxygens (including phenoxy) is 1. The fourth-order valence-electron chi connectivity index (χ4n) is 2.10. The third kappa shape index (κ3) is 4.70. The highest BCUT2D eigenvalue weighted by atomic mass is 16.6. The second-order valence-electron chi connectivity index (χ2n) is 6.25. The van der Waals surface area contributed by atoms with Crippen LogP contribution in [0.1, 0.15) is 47.9 Å². The van der Waals surface area contributed by atoms with Crippen molar-refractivity contribution < 1.29 is 19.1 Å². The van der Waals surface area contributed by atoms with E-state index in [2.05, 4.69) is 16.0 Å². The molecule has 1 aliphatic heterocycles. The number of anilines is 1. The van der Waals surface area contributed by atoms with Gasteiger partial charge in [-0.3, -0.25) is 14.9 Å². The summed E-state index contributed by atoms with van der Waals surface area (Å²) in [4.78, 5) is 34.5. The normalized spacial score (nSPS) is 13.3. The van der Waals surface area contributed by atoms with Gasteiger partial charge in [-0.25, -0.2) is 4.79 Å². The van der Waals surface area contributed by atoms with E-state index in [9.17, 15) is 14.4 Å². The van der Waals surface area contributed by atoms with Crippen LogP contribution in [0.25, 0.3) is 0 Å².